The molecule has 1 aromatic heterocycles. The van der Waals surface area contributed by atoms with E-state index in [1.807, 2.05) is 18.7 Å². The lowest BCUT2D eigenvalue weighted by molar-refractivity contribution is 0.904. The van der Waals surface area contributed by atoms with E-state index in [2.05, 4.69) is 28.5 Å². The summed E-state index contributed by atoms with van der Waals surface area (Å²) in [5.41, 5.74) is 0.948. The Morgan fingerprint density at radius 2 is 2.18 bits per heavy atom. The van der Waals surface area contributed by atoms with Gasteiger partial charge in [0.05, 0.1) is 0 Å². The predicted octanol–water partition coefficient (Wildman–Crippen LogP) is 3.48. The molecule has 1 aromatic rings. The molecular weight excluding hydrogens is 254 g/mol. The highest BCUT2D eigenvalue weighted by Crippen LogP contribution is 2.39. The van der Waals surface area contributed by atoms with Crippen LogP contribution in [0.3, 0.4) is 0 Å². The first-order valence-corrected chi connectivity index (χ1v) is 7.59. The fourth-order valence-corrected chi connectivity index (χ4v) is 1.95. The van der Waals surface area contributed by atoms with E-state index in [1.165, 1.54) is 12.8 Å². The topological polar surface area (TPSA) is 37.8 Å². The van der Waals surface area contributed by atoms with Crippen molar-refractivity contribution in [1.82, 2.24) is 9.97 Å². The van der Waals surface area contributed by atoms with Crippen molar-refractivity contribution in [3.63, 3.8) is 0 Å². The first-order chi connectivity index (χ1) is 8.11. The van der Waals surface area contributed by atoms with Crippen molar-refractivity contribution in [1.29, 1.82) is 0 Å². The van der Waals surface area contributed by atoms with Crippen molar-refractivity contribution in [2.45, 2.75) is 37.9 Å². The fourth-order valence-electron chi connectivity index (χ4n) is 1.53. The number of anilines is 1. The summed E-state index contributed by atoms with van der Waals surface area (Å²) >= 11 is 7.98. The summed E-state index contributed by atoms with van der Waals surface area (Å²) in [6.07, 6.45) is 4.50. The van der Waals surface area contributed by atoms with Crippen molar-refractivity contribution in [3.8, 4) is 0 Å². The van der Waals surface area contributed by atoms with Crippen LogP contribution in [0.2, 0.25) is 5.15 Å². The number of hydrogen-bond donors (Lipinski definition) is 1. The summed E-state index contributed by atoms with van der Waals surface area (Å²) in [5, 5.41) is 4.52. The van der Waals surface area contributed by atoms with E-state index in [4.69, 9.17) is 11.6 Å². The zero-order chi connectivity index (χ0) is 12.4. The summed E-state index contributed by atoms with van der Waals surface area (Å²) < 4.78 is 0. The van der Waals surface area contributed by atoms with Crippen molar-refractivity contribution in [3.05, 3.63) is 16.5 Å². The van der Waals surface area contributed by atoms with Gasteiger partial charge in [0.15, 0.2) is 0 Å². The molecule has 0 aromatic carbocycles. The lowest BCUT2D eigenvalue weighted by atomic mass is 10.3. The van der Waals surface area contributed by atoms with Gasteiger partial charge in [0, 0.05) is 23.3 Å². The molecule has 5 heteroatoms. The second-order valence-electron chi connectivity index (χ2n) is 4.55. The minimum Gasteiger partial charge on any atom is -0.369 e. The van der Waals surface area contributed by atoms with Crippen LogP contribution < -0.4 is 5.32 Å². The zero-order valence-corrected chi connectivity index (χ0v) is 12.0. The Balaban J connectivity index is 2.13. The maximum Gasteiger partial charge on any atom is 0.137 e. The Bertz CT molecular complexity index is 407. The molecule has 17 heavy (non-hydrogen) atoms. The van der Waals surface area contributed by atoms with E-state index in [9.17, 15) is 0 Å². The molecular formula is C12H18ClN3S. The number of aromatic nitrogens is 2. The van der Waals surface area contributed by atoms with E-state index in [-0.39, 0.29) is 0 Å². The Morgan fingerprint density at radius 3 is 2.76 bits per heavy atom. The van der Waals surface area contributed by atoms with E-state index < -0.39 is 0 Å². The third-order valence-corrected chi connectivity index (χ3v) is 4.34. The predicted molar refractivity (Wildman–Crippen MR) is 75.2 cm³/mol. The molecule has 0 radical (unpaired) electrons. The second kappa shape index (κ2) is 5.44. The van der Waals surface area contributed by atoms with Crippen LogP contribution in [-0.2, 0) is 0 Å². The Morgan fingerprint density at radius 1 is 1.47 bits per heavy atom. The Hall–Kier alpha value is -0.480. The molecule has 1 unspecified atom stereocenters. The minimum atomic E-state index is 0.534. The molecule has 1 heterocycles. The van der Waals surface area contributed by atoms with Crippen LogP contribution in [0.25, 0.3) is 0 Å². The molecule has 1 fully saturated rings. The lowest BCUT2D eigenvalue weighted by Gasteiger charge is -2.13. The SMILES string of the molecule is CSC(C)CNc1nc(C2CC2)nc(Cl)c1C. The van der Waals surface area contributed by atoms with Crippen molar-refractivity contribution >= 4 is 29.2 Å². The third-order valence-electron chi connectivity index (χ3n) is 3.01. The van der Waals surface area contributed by atoms with E-state index in [0.717, 1.165) is 23.8 Å². The number of halogens is 1. The van der Waals surface area contributed by atoms with Crippen molar-refractivity contribution in [2.24, 2.45) is 0 Å². The van der Waals surface area contributed by atoms with Gasteiger partial charge in [-0.15, -0.1) is 0 Å². The first kappa shape index (κ1) is 13.0. The van der Waals surface area contributed by atoms with Gasteiger partial charge in [-0.25, -0.2) is 9.97 Å². The normalized spacial score (nSPS) is 16.9. The van der Waals surface area contributed by atoms with Gasteiger partial charge >= 0.3 is 0 Å². The van der Waals surface area contributed by atoms with Gasteiger partial charge in [-0.1, -0.05) is 18.5 Å². The van der Waals surface area contributed by atoms with Gasteiger partial charge in [-0.2, -0.15) is 11.8 Å². The molecule has 1 aliphatic carbocycles. The van der Waals surface area contributed by atoms with Crippen LogP contribution in [0.4, 0.5) is 5.82 Å². The lowest BCUT2D eigenvalue weighted by Crippen LogP contribution is -2.15. The van der Waals surface area contributed by atoms with Crippen LogP contribution in [0, 0.1) is 6.92 Å². The Kier molecular flexibility index (Phi) is 4.15. The van der Waals surface area contributed by atoms with Crippen LogP contribution >= 0.6 is 23.4 Å². The van der Waals surface area contributed by atoms with Crippen LogP contribution in [0.5, 0.6) is 0 Å². The molecule has 1 atom stereocenters. The molecule has 0 saturated heterocycles. The highest BCUT2D eigenvalue weighted by atomic mass is 35.5. The molecule has 0 spiro atoms. The average Bonchev–Trinajstić information content (AvgIpc) is 3.14. The summed E-state index contributed by atoms with van der Waals surface area (Å²) in [5.74, 6) is 2.33. The van der Waals surface area contributed by atoms with Crippen molar-refractivity contribution < 1.29 is 0 Å². The molecule has 3 nitrogen and oxygen atoms in total. The van der Waals surface area contributed by atoms with Gasteiger partial charge in [-0.3, -0.25) is 0 Å². The van der Waals surface area contributed by atoms with Crippen LogP contribution in [-0.4, -0.2) is 28.0 Å². The Labute approximate surface area is 112 Å². The molecule has 94 valence electrons. The summed E-state index contributed by atoms with van der Waals surface area (Å²) in [6, 6.07) is 0. The maximum absolute atomic E-state index is 6.14. The number of nitrogens with zero attached hydrogens (tertiary/aromatic N) is 2. The van der Waals surface area contributed by atoms with Gasteiger partial charge < -0.3 is 5.32 Å². The van der Waals surface area contributed by atoms with E-state index in [1.54, 1.807) is 0 Å². The fraction of sp³-hybridized carbons (Fsp3) is 0.667. The minimum absolute atomic E-state index is 0.534. The molecule has 1 saturated carbocycles. The van der Waals surface area contributed by atoms with Gasteiger partial charge in [0.25, 0.3) is 0 Å². The number of hydrogen-bond acceptors (Lipinski definition) is 4. The van der Waals surface area contributed by atoms with Gasteiger partial charge in [0.2, 0.25) is 0 Å². The zero-order valence-electron chi connectivity index (χ0n) is 10.5. The highest BCUT2D eigenvalue weighted by Gasteiger charge is 2.28. The number of nitrogens with one attached hydrogen (secondary N) is 1. The second-order valence-corrected chi connectivity index (χ2v) is 6.18. The summed E-state index contributed by atoms with van der Waals surface area (Å²) in [7, 11) is 0. The molecule has 0 aliphatic heterocycles. The van der Waals surface area contributed by atoms with Crippen LogP contribution in [0.15, 0.2) is 0 Å². The smallest absolute Gasteiger partial charge is 0.137 e. The summed E-state index contributed by atoms with van der Waals surface area (Å²) in [6.45, 7) is 5.06. The van der Waals surface area contributed by atoms with E-state index in [0.29, 0.717) is 16.3 Å². The number of thioether (sulfide) groups is 1. The molecule has 2 rings (SSSR count). The maximum atomic E-state index is 6.14. The molecule has 1 aliphatic rings. The van der Waals surface area contributed by atoms with Gasteiger partial charge in [-0.05, 0) is 26.0 Å². The average molecular weight is 272 g/mol. The molecule has 0 amide bonds. The summed E-state index contributed by atoms with van der Waals surface area (Å²) in [4.78, 5) is 8.94. The monoisotopic (exact) mass is 271 g/mol. The third kappa shape index (κ3) is 3.26. The largest absolute Gasteiger partial charge is 0.369 e. The first-order valence-electron chi connectivity index (χ1n) is 5.92. The standard InChI is InChI=1S/C12H18ClN3S/c1-7(17-3)6-14-11-8(2)10(13)15-12(16-11)9-4-5-9/h7,9H,4-6H2,1-3H3,(H,14,15,16). The molecule has 0 bridgehead atoms. The quantitative estimate of drug-likeness (QED) is 0.832. The van der Waals surface area contributed by atoms with Crippen LogP contribution in [0.1, 0.15) is 37.1 Å². The molecule has 1 N–H and O–H groups in total. The van der Waals surface area contributed by atoms with Crippen molar-refractivity contribution in [2.75, 3.05) is 18.1 Å². The highest BCUT2D eigenvalue weighted by molar-refractivity contribution is 7.99. The van der Waals surface area contributed by atoms with E-state index >= 15 is 0 Å². The number of rotatable bonds is 5. The van der Waals surface area contributed by atoms with Gasteiger partial charge in [0.1, 0.15) is 16.8 Å².